The van der Waals surface area contributed by atoms with E-state index in [2.05, 4.69) is 6.92 Å². The van der Waals surface area contributed by atoms with Crippen LogP contribution in [0.3, 0.4) is 0 Å². The summed E-state index contributed by atoms with van der Waals surface area (Å²) in [6, 6.07) is -1.08. The third-order valence-corrected chi connectivity index (χ3v) is 5.61. The maximum atomic E-state index is 11.2. The number of carboxylic acid groups (broad SMARTS) is 2. The number of nitrogens with two attached hydrogens (primary N) is 1. The summed E-state index contributed by atoms with van der Waals surface area (Å²) in [5, 5.41) is 18.0. The molecule has 1 unspecified atom stereocenters. The highest BCUT2D eigenvalue weighted by Gasteiger charge is 2.23. The summed E-state index contributed by atoms with van der Waals surface area (Å²) in [4.78, 5) is 22.0. The SMILES string of the molecule is CCCCCCCCCCCCCCCCCCC(C[C@@H](N)C(=O)O)C(=O)O. The summed E-state index contributed by atoms with van der Waals surface area (Å²) in [6.45, 7) is 2.26. The third-order valence-electron chi connectivity index (χ3n) is 5.61. The average molecular weight is 400 g/mol. The van der Waals surface area contributed by atoms with Gasteiger partial charge in [0, 0.05) is 0 Å². The second-order valence-electron chi connectivity index (χ2n) is 8.31. The van der Waals surface area contributed by atoms with Crippen LogP contribution in [0, 0.1) is 5.92 Å². The molecule has 4 N–H and O–H groups in total. The molecule has 0 amide bonds. The van der Waals surface area contributed by atoms with Crippen molar-refractivity contribution in [2.45, 2.75) is 129 Å². The van der Waals surface area contributed by atoms with Crippen molar-refractivity contribution in [1.82, 2.24) is 0 Å². The molecule has 0 rings (SSSR count). The summed E-state index contributed by atoms with van der Waals surface area (Å²) >= 11 is 0. The first kappa shape index (κ1) is 26.9. The Bertz CT molecular complexity index is 387. The molecule has 0 aliphatic carbocycles. The van der Waals surface area contributed by atoms with Gasteiger partial charge in [-0.25, -0.2) is 0 Å². The zero-order valence-corrected chi connectivity index (χ0v) is 18.2. The highest BCUT2D eigenvalue weighted by molar-refractivity contribution is 5.75. The maximum absolute atomic E-state index is 11.2. The monoisotopic (exact) mass is 399 g/mol. The molecule has 0 heterocycles. The van der Waals surface area contributed by atoms with Crippen LogP contribution >= 0.6 is 0 Å². The molecule has 0 aromatic rings. The van der Waals surface area contributed by atoms with Gasteiger partial charge in [0.25, 0.3) is 0 Å². The summed E-state index contributed by atoms with van der Waals surface area (Å²) in [5.74, 6) is -2.70. The van der Waals surface area contributed by atoms with Crippen LogP contribution in [0.5, 0.6) is 0 Å². The van der Waals surface area contributed by atoms with E-state index in [1.165, 1.54) is 83.5 Å². The number of carboxylic acids is 2. The molecule has 2 atom stereocenters. The van der Waals surface area contributed by atoms with E-state index in [0.29, 0.717) is 6.42 Å². The van der Waals surface area contributed by atoms with Crippen molar-refractivity contribution in [3.63, 3.8) is 0 Å². The molecule has 28 heavy (non-hydrogen) atoms. The Hall–Kier alpha value is -1.10. The van der Waals surface area contributed by atoms with Gasteiger partial charge in [-0.2, -0.15) is 0 Å². The zero-order valence-electron chi connectivity index (χ0n) is 18.2. The molecule has 0 aromatic carbocycles. The van der Waals surface area contributed by atoms with Gasteiger partial charge < -0.3 is 15.9 Å². The lowest BCUT2D eigenvalue weighted by atomic mass is 9.94. The molecule has 0 saturated carbocycles. The van der Waals surface area contributed by atoms with E-state index in [4.69, 9.17) is 10.8 Å². The van der Waals surface area contributed by atoms with E-state index in [1.54, 1.807) is 0 Å². The van der Waals surface area contributed by atoms with Gasteiger partial charge in [0.15, 0.2) is 0 Å². The minimum Gasteiger partial charge on any atom is -0.481 e. The molecule has 5 nitrogen and oxygen atoms in total. The van der Waals surface area contributed by atoms with E-state index >= 15 is 0 Å². The molecule has 0 fully saturated rings. The van der Waals surface area contributed by atoms with Gasteiger partial charge in [-0.3, -0.25) is 9.59 Å². The van der Waals surface area contributed by atoms with E-state index < -0.39 is 23.9 Å². The number of hydrogen-bond donors (Lipinski definition) is 3. The van der Waals surface area contributed by atoms with Crippen LogP contribution in [0.4, 0.5) is 0 Å². The Kier molecular flexibility index (Phi) is 18.5. The summed E-state index contributed by atoms with van der Waals surface area (Å²) in [7, 11) is 0. The third kappa shape index (κ3) is 17.0. The molecule has 0 aliphatic heterocycles. The lowest BCUT2D eigenvalue weighted by molar-refractivity contribution is -0.143. The summed E-state index contributed by atoms with van der Waals surface area (Å²) in [6.07, 6.45) is 21.1. The fourth-order valence-electron chi connectivity index (χ4n) is 3.69. The lowest BCUT2D eigenvalue weighted by Gasteiger charge is -2.14. The molecular formula is C23H45NO4. The van der Waals surface area contributed by atoms with Crippen molar-refractivity contribution in [2.75, 3.05) is 0 Å². The fourth-order valence-corrected chi connectivity index (χ4v) is 3.69. The number of hydrogen-bond acceptors (Lipinski definition) is 3. The second-order valence-corrected chi connectivity index (χ2v) is 8.31. The number of carbonyl (C=O) groups is 2. The van der Waals surface area contributed by atoms with Gasteiger partial charge in [-0.1, -0.05) is 110 Å². The number of aliphatic carboxylic acids is 2. The molecular weight excluding hydrogens is 354 g/mol. The predicted octanol–water partition coefficient (Wildman–Crippen LogP) is 6.14. The highest BCUT2D eigenvalue weighted by atomic mass is 16.4. The van der Waals surface area contributed by atoms with Crippen LogP contribution in [0.25, 0.3) is 0 Å². The van der Waals surface area contributed by atoms with Crippen LogP contribution in [-0.4, -0.2) is 28.2 Å². The standard InChI is InChI=1S/C23H45NO4/c1-2-3-4-5-6-7-8-9-10-11-12-13-14-15-16-17-18-20(22(25)26)19-21(24)23(27)28/h20-21H,2-19,24H2,1H3,(H,25,26)(H,27,28)/t20?,21-/m1/s1. The van der Waals surface area contributed by atoms with Crippen LogP contribution in [0.1, 0.15) is 122 Å². The molecule has 0 radical (unpaired) electrons. The Balaban J connectivity index is 3.40. The zero-order chi connectivity index (χ0) is 21.0. The molecule has 0 aliphatic rings. The quantitative estimate of drug-likeness (QED) is 0.201. The average Bonchev–Trinajstić information content (AvgIpc) is 2.66. The van der Waals surface area contributed by atoms with Gasteiger partial charge in [0.1, 0.15) is 6.04 Å². The largest absolute Gasteiger partial charge is 0.481 e. The minimum atomic E-state index is -1.13. The fraction of sp³-hybridized carbons (Fsp3) is 0.913. The summed E-state index contributed by atoms with van der Waals surface area (Å²) in [5.41, 5.74) is 5.45. The van der Waals surface area contributed by atoms with Gasteiger partial charge in [0.05, 0.1) is 5.92 Å². The Morgan fingerprint density at radius 3 is 1.32 bits per heavy atom. The van der Waals surface area contributed by atoms with Crippen molar-refractivity contribution in [3.05, 3.63) is 0 Å². The Morgan fingerprint density at radius 2 is 1.00 bits per heavy atom. The van der Waals surface area contributed by atoms with Crippen LogP contribution in [0.2, 0.25) is 0 Å². The number of rotatable bonds is 21. The Labute approximate surface area is 172 Å². The summed E-state index contributed by atoms with van der Waals surface area (Å²) < 4.78 is 0. The molecule has 0 aromatic heterocycles. The highest BCUT2D eigenvalue weighted by Crippen LogP contribution is 2.18. The molecule has 0 spiro atoms. The van der Waals surface area contributed by atoms with E-state index in [9.17, 15) is 14.7 Å². The first-order valence-electron chi connectivity index (χ1n) is 11.7. The van der Waals surface area contributed by atoms with Gasteiger partial charge in [0.2, 0.25) is 0 Å². The second kappa shape index (κ2) is 19.2. The van der Waals surface area contributed by atoms with Crippen molar-refractivity contribution >= 4 is 11.9 Å². The van der Waals surface area contributed by atoms with Gasteiger partial charge >= 0.3 is 11.9 Å². The van der Waals surface area contributed by atoms with E-state index in [0.717, 1.165) is 19.3 Å². The van der Waals surface area contributed by atoms with Crippen molar-refractivity contribution in [1.29, 1.82) is 0 Å². The van der Waals surface area contributed by atoms with E-state index in [-0.39, 0.29) is 6.42 Å². The number of unbranched alkanes of at least 4 members (excludes halogenated alkanes) is 15. The van der Waals surface area contributed by atoms with Gasteiger partial charge in [-0.15, -0.1) is 0 Å². The topological polar surface area (TPSA) is 101 Å². The van der Waals surface area contributed by atoms with E-state index in [1.807, 2.05) is 0 Å². The van der Waals surface area contributed by atoms with Crippen LogP contribution < -0.4 is 5.73 Å². The first-order valence-corrected chi connectivity index (χ1v) is 11.7. The maximum Gasteiger partial charge on any atom is 0.320 e. The van der Waals surface area contributed by atoms with Crippen molar-refractivity contribution in [3.8, 4) is 0 Å². The molecule has 0 bridgehead atoms. The predicted molar refractivity (Wildman–Crippen MR) is 116 cm³/mol. The minimum absolute atomic E-state index is 0.0173. The normalized spacial score (nSPS) is 13.4. The smallest absolute Gasteiger partial charge is 0.320 e. The van der Waals surface area contributed by atoms with Crippen molar-refractivity contribution in [2.24, 2.45) is 11.7 Å². The van der Waals surface area contributed by atoms with Gasteiger partial charge in [-0.05, 0) is 12.8 Å². The molecule has 166 valence electrons. The van der Waals surface area contributed by atoms with Crippen molar-refractivity contribution < 1.29 is 19.8 Å². The Morgan fingerprint density at radius 1 is 0.643 bits per heavy atom. The molecule has 5 heteroatoms. The molecule has 0 saturated heterocycles. The van der Waals surface area contributed by atoms with Crippen LogP contribution in [-0.2, 0) is 9.59 Å². The lowest BCUT2D eigenvalue weighted by Crippen LogP contribution is -2.34. The first-order chi connectivity index (χ1) is 13.5. The van der Waals surface area contributed by atoms with Crippen LogP contribution in [0.15, 0.2) is 0 Å².